The Morgan fingerprint density at radius 1 is 1.59 bits per heavy atom. The molecule has 2 heterocycles. The van der Waals surface area contributed by atoms with Crippen LogP contribution >= 0.6 is 0 Å². The molecule has 2 unspecified atom stereocenters. The van der Waals surface area contributed by atoms with Crippen molar-refractivity contribution in [3.8, 4) is 0 Å². The Balaban J connectivity index is 2.04. The summed E-state index contributed by atoms with van der Waals surface area (Å²) in [6.07, 6.45) is 4.24. The first kappa shape index (κ1) is 12.6. The molecule has 2 atom stereocenters. The maximum atomic E-state index is 5.90. The van der Waals surface area contributed by atoms with Gasteiger partial charge in [-0.15, -0.1) is 0 Å². The van der Waals surface area contributed by atoms with E-state index in [1.807, 2.05) is 12.1 Å². The van der Waals surface area contributed by atoms with Crippen LogP contribution in [0.25, 0.3) is 0 Å². The zero-order valence-corrected chi connectivity index (χ0v) is 10.8. The molecule has 1 aliphatic heterocycles. The van der Waals surface area contributed by atoms with Crippen molar-refractivity contribution in [3.63, 3.8) is 0 Å². The quantitative estimate of drug-likeness (QED) is 0.857. The van der Waals surface area contributed by atoms with Gasteiger partial charge in [-0.2, -0.15) is 0 Å². The van der Waals surface area contributed by atoms with Gasteiger partial charge in [0, 0.05) is 19.1 Å². The number of furan rings is 1. The SMILES string of the molecule is CN(C)C1CCCN(C(CN)c2ccco2)C1. The van der Waals surface area contributed by atoms with Gasteiger partial charge in [-0.25, -0.2) is 0 Å². The van der Waals surface area contributed by atoms with Crippen molar-refractivity contribution in [3.05, 3.63) is 24.2 Å². The summed E-state index contributed by atoms with van der Waals surface area (Å²) in [4.78, 5) is 4.76. The van der Waals surface area contributed by atoms with Crippen molar-refractivity contribution in [1.82, 2.24) is 9.80 Å². The predicted octanol–water partition coefficient (Wildman–Crippen LogP) is 1.31. The minimum absolute atomic E-state index is 0.229. The van der Waals surface area contributed by atoms with Crippen LogP contribution in [-0.4, -0.2) is 49.6 Å². The molecule has 4 nitrogen and oxygen atoms in total. The predicted molar refractivity (Wildman–Crippen MR) is 68.8 cm³/mol. The number of nitrogens with zero attached hydrogens (tertiary/aromatic N) is 2. The van der Waals surface area contributed by atoms with Crippen molar-refractivity contribution in [2.75, 3.05) is 33.7 Å². The second-order valence-electron chi connectivity index (χ2n) is 5.02. The number of piperidine rings is 1. The van der Waals surface area contributed by atoms with Crippen molar-refractivity contribution in [1.29, 1.82) is 0 Å². The Kier molecular flexibility index (Phi) is 4.20. The first-order valence-corrected chi connectivity index (χ1v) is 6.36. The molecule has 0 radical (unpaired) electrons. The summed E-state index contributed by atoms with van der Waals surface area (Å²) in [6.45, 7) is 2.82. The molecule has 0 bridgehead atoms. The molecule has 0 aromatic carbocycles. The van der Waals surface area contributed by atoms with Crippen molar-refractivity contribution >= 4 is 0 Å². The van der Waals surface area contributed by atoms with Gasteiger partial charge in [-0.05, 0) is 45.6 Å². The number of hydrogen-bond donors (Lipinski definition) is 1. The lowest BCUT2D eigenvalue weighted by Gasteiger charge is -2.39. The van der Waals surface area contributed by atoms with Crippen LogP contribution in [0.15, 0.2) is 22.8 Å². The second kappa shape index (κ2) is 5.67. The molecular formula is C13H23N3O. The van der Waals surface area contributed by atoms with Crippen LogP contribution in [0, 0.1) is 0 Å². The number of likely N-dealkylation sites (tertiary alicyclic amines) is 1. The molecule has 2 rings (SSSR count). The summed E-state index contributed by atoms with van der Waals surface area (Å²) in [5, 5.41) is 0. The van der Waals surface area contributed by atoms with Crippen LogP contribution in [0.1, 0.15) is 24.6 Å². The highest BCUT2D eigenvalue weighted by Gasteiger charge is 2.28. The van der Waals surface area contributed by atoms with Crippen LogP contribution in [0.5, 0.6) is 0 Å². The number of rotatable bonds is 4. The maximum absolute atomic E-state index is 5.90. The Bertz CT molecular complexity index is 323. The summed E-state index contributed by atoms with van der Waals surface area (Å²) < 4.78 is 5.50. The van der Waals surface area contributed by atoms with E-state index in [0.29, 0.717) is 12.6 Å². The molecule has 1 fully saturated rings. The van der Waals surface area contributed by atoms with Gasteiger partial charge < -0.3 is 15.1 Å². The Labute approximate surface area is 103 Å². The summed E-state index contributed by atoms with van der Waals surface area (Å²) in [5.74, 6) is 0.993. The number of nitrogens with two attached hydrogens (primary N) is 1. The first-order chi connectivity index (χ1) is 8.22. The van der Waals surface area contributed by atoms with Crippen molar-refractivity contribution < 1.29 is 4.42 Å². The summed E-state index contributed by atoms with van der Waals surface area (Å²) in [5.41, 5.74) is 5.90. The van der Waals surface area contributed by atoms with Crippen LogP contribution in [0.3, 0.4) is 0 Å². The van der Waals surface area contributed by atoms with Gasteiger partial charge in [0.1, 0.15) is 5.76 Å². The molecule has 1 aromatic rings. The van der Waals surface area contributed by atoms with Crippen LogP contribution in [-0.2, 0) is 0 Å². The third-order valence-corrected chi connectivity index (χ3v) is 3.69. The van der Waals surface area contributed by atoms with Gasteiger partial charge in [0.25, 0.3) is 0 Å². The van der Waals surface area contributed by atoms with E-state index in [2.05, 4.69) is 23.9 Å². The van der Waals surface area contributed by atoms with E-state index >= 15 is 0 Å². The molecule has 17 heavy (non-hydrogen) atoms. The molecular weight excluding hydrogens is 214 g/mol. The van der Waals surface area contributed by atoms with Gasteiger partial charge in [0.05, 0.1) is 12.3 Å². The molecule has 2 N–H and O–H groups in total. The highest BCUT2D eigenvalue weighted by atomic mass is 16.3. The molecule has 1 aliphatic rings. The average Bonchev–Trinajstić information content (AvgIpc) is 2.84. The van der Waals surface area contributed by atoms with E-state index in [4.69, 9.17) is 10.2 Å². The minimum Gasteiger partial charge on any atom is -0.468 e. The normalized spacial score (nSPS) is 24.1. The highest BCUT2D eigenvalue weighted by molar-refractivity contribution is 5.06. The zero-order chi connectivity index (χ0) is 12.3. The third kappa shape index (κ3) is 2.89. The molecule has 0 amide bonds. The summed E-state index contributed by atoms with van der Waals surface area (Å²) in [7, 11) is 4.30. The fourth-order valence-electron chi connectivity index (χ4n) is 2.61. The summed E-state index contributed by atoms with van der Waals surface area (Å²) >= 11 is 0. The Morgan fingerprint density at radius 2 is 2.41 bits per heavy atom. The van der Waals surface area contributed by atoms with E-state index in [0.717, 1.165) is 18.8 Å². The van der Waals surface area contributed by atoms with Gasteiger partial charge >= 0.3 is 0 Å². The van der Waals surface area contributed by atoms with Crippen molar-refractivity contribution in [2.45, 2.75) is 24.9 Å². The fraction of sp³-hybridized carbons (Fsp3) is 0.692. The third-order valence-electron chi connectivity index (χ3n) is 3.69. The molecule has 0 aliphatic carbocycles. The Morgan fingerprint density at radius 3 is 3.00 bits per heavy atom. The van der Waals surface area contributed by atoms with Crippen LogP contribution < -0.4 is 5.73 Å². The smallest absolute Gasteiger partial charge is 0.122 e. The standard InChI is InChI=1S/C13H23N3O/c1-15(2)11-5-3-7-16(10-11)12(9-14)13-6-4-8-17-13/h4,6,8,11-12H,3,5,7,9-10,14H2,1-2H3. The highest BCUT2D eigenvalue weighted by Crippen LogP contribution is 2.25. The lowest BCUT2D eigenvalue weighted by atomic mass is 10.0. The van der Waals surface area contributed by atoms with Crippen LogP contribution in [0.4, 0.5) is 0 Å². The number of hydrogen-bond acceptors (Lipinski definition) is 4. The lowest BCUT2D eigenvalue weighted by Crippen LogP contribution is -2.47. The Hall–Kier alpha value is -0.840. The van der Waals surface area contributed by atoms with Gasteiger partial charge in [0.15, 0.2) is 0 Å². The molecule has 4 heteroatoms. The second-order valence-corrected chi connectivity index (χ2v) is 5.02. The molecule has 1 aromatic heterocycles. The summed E-state index contributed by atoms with van der Waals surface area (Å²) in [6, 6.07) is 4.82. The minimum atomic E-state index is 0.229. The molecule has 0 spiro atoms. The largest absolute Gasteiger partial charge is 0.468 e. The maximum Gasteiger partial charge on any atom is 0.122 e. The van der Waals surface area contributed by atoms with Gasteiger partial charge in [-0.3, -0.25) is 4.90 Å². The van der Waals surface area contributed by atoms with E-state index in [1.54, 1.807) is 6.26 Å². The van der Waals surface area contributed by atoms with E-state index in [9.17, 15) is 0 Å². The topological polar surface area (TPSA) is 45.6 Å². The van der Waals surface area contributed by atoms with Gasteiger partial charge in [0.2, 0.25) is 0 Å². The lowest BCUT2D eigenvalue weighted by molar-refractivity contribution is 0.0893. The van der Waals surface area contributed by atoms with Gasteiger partial charge in [-0.1, -0.05) is 0 Å². The average molecular weight is 237 g/mol. The van der Waals surface area contributed by atoms with Crippen LogP contribution in [0.2, 0.25) is 0 Å². The van der Waals surface area contributed by atoms with E-state index < -0.39 is 0 Å². The first-order valence-electron chi connectivity index (χ1n) is 6.36. The van der Waals surface area contributed by atoms with Crippen molar-refractivity contribution in [2.24, 2.45) is 5.73 Å². The van der Waals surface area contributed by atoms with E-state index in [1.165, 1.54) is 12.8 Å². The monoisotopic (exact) mass is 237 g/mol. The zero-order valence-electron chi connectivity index (χ0n) is 10.8. The molecule has 96 valence electrons. The number of likely N-dealkylation sites (N-methyl/N-ethyl adjacent to an activating group) is 1. The molecule has 1 saturated heterocycles. The molecule has 0 saturated carbocycles. The fourth-order valence-corrected chi connectivity index (χ4v) is 2.61. The van der Waals surface area contributed by atoms with E-state index in [-0.39, 0.29) is 6.04 Å².